The smallest absolute Gasteiger partial charge is 0.147 e. The Kier molecular flexibility index (Phi) is 3.70. The van der Waals surface area contributed by atoms with E-state index in [-0.39, 0.29) is 23.6 Å². The monoisotopic (exact) mass is 253 g/mol. The molecule has 92 valence electrons. The topological polar surface area (TPSA) is 69.7 Å². The molecule has 0 radical (unpaired) electrons. The number of benzene rings is 1. The van der Waals surface area contributed by atoms with E-state index in [4.69, 9.17) is 15.3 Å². The van der Waals surface area contributed by atoms with Crippen molar-refractivity contribution in [3.05, 3.63) is 59.2 Å². The fourth-order valence-electron chi connectivity index (χ4n) is 1.54. The molecule has 0 saturated carbocycles. The molecule has 0 aliphatic rings. The van der Waals surface area contributed by atoms with Crippen LogP contribution in [0.25, 0.3) is 0 Å². The van der Waals surface area contributed by atoms with Gasteiger partial charge in [-0.05, 0) is 18.2 Å². The predicted molar refractivity (Wildman–Crippen MR) is 64.4 cm³/mol. The van der Waals surface area contributed by atoms with Gasteiger partial charge in [0.25, 0.3) is 0 Å². The van der Waals surface area contributed by atoms with E-state index in [1.807, 2.05) is 6.07 Å². The molecule has 0 aliphatic heterocycles. The molecule has 5 heteroatoms. The van der Waals surface area contributed by atoms with Gasteiger partial charge in [0.15, 0.2) is 0 Å². The molecule has 0 amide bonds. The summed E-state index contributed by atoms with van der Waals surface area (Å²) in [6.45, 7) is 0.0505. The second-order valence-electron chi connectivity index (χ2n) is 3.64. The quantitative estimate of drug-likeness (QED) is 0.842. The van der Waals surface area contributed by atoms with Gasteiger partial charge in [-0.2, -0.15) is 10.5 Å². The number of ether oxygens (including phenoxy) is 1. The summed E-state index contributed by atoms with van der Waals surface area (Å²) in [6.07, 6.45) is 1.50. The largest absolute Gasteiger partial charge is 0.487 e. The fraction of sp³-hybridized carbons (Fsp3) is 0.0714. The molecule has 0 fully saturated rings. The number of rotatable bonds is 3. The van der Waals surface area contributed by atoms with E-state index >= 15 is 0 Å². The Balaban J connectivity index is 2.23. The average Bonchev–Trinajstić information content (AvgIpc) is 2.45. The summed E-state index contributed by atoms with van der Waals surface area (Å²) in [5.41, 5.74) is 0.681. The van der Waals surface area contributed by atoms with Crippen LogP contribution in [0.2, 0.25) is 0 Å². The van der Waals surface area contributed by atoms with Gasteiger partial charge < -0.3 is 4.74 Å². The maximum Gasteiger partial charge on any atom is 0.147 e. The lowest BCUT2D eigenvalue weighted by Crippen LogP contribution is -2.01. The van der Waals surface area contributed by atoms with E-state index in [9.17, 15) is 4.39 Å². The highest BCUT2D eigenvalue weighted by atomic mass is 19.1. The maximum absolute atomic E-state index is 13.4. The number of halogens is 1. The Labute approximate surface area is 109 Å². The van der Waals surface area contributed by atoms with Gasteiger partial charge >= 0.3 is 0 Å². The van der Waals surface area contributed by atoms with Crippen molar-refractivity contribution in [1.82, 2.24) is 4.98 Å². The van der Waals surface area contributed by atoms with Gasteiger partial charge in [-0.1, -0.05) is 12.1 Å². The SMILES string of the molecule is N#Cc1ncccc1COc1cccc(F)c1C#N. The fourth-order valence-corrected chi connectivity index (χ4v) is 1.54. The van der Waals surface area contributed by atoms with Crippen molar-refractivity contribution in [1.29, 1.82) is 10.5 Å². The third kappa shape index (κ3) is 2.67. The Morgan fingerprint density at radius 1 is 1.16 bits per heavy atom. The summed E-state index contributed by atoms with van der Waals surface area (Å²) in [4.78, 5) is 3.89. The minimum absolute atomic E-state index is 0.0505. The second kappa shape index (κ2) is 5.61. The lowest BCUT2D eigenvalue weighted by atomic mass is 10.2. The molecule has 0 bridgehead atoms. The number of hydrogen-bond donors (Lipinski definition) is 0. The highest BCUT2D eigenvalue weighted by molar-refractivity contribution is 5.44. The Morgan fingerprint density at radius 3 is 2.74 bits per heavy atom. The number of hydrogen-bond acceptors (Lipinski definition) is 4. The zero-order valence-electron chi connectivity index (χ0n) is 9.80. The normalized spacial score (nSPS) is 9.42. The third-order valence-corrected chi connectivity index (χ3v) is 2.47. The maximum atomic E-state index is 13.4. The van der Waals surface area contributed by atoms with Crippen LogP contribution in [0.1, 0.15) is 16.8 Å². The molecule has 1 heterocycles. The minimum atomic E-state index is -0.633. The van der Waals surface area contributed by atoms with E-state index in [2.05, 4.69) is 4.98 Å². The lowest BCUT2D eigenvalue weighted by Gasteiger charge is -2.08. The van der Waals surface area contributed by atoms with Crippen molar-refractivity contribution < 1.29 is 9.13 Å². The van der Waals surface area contributed by atoms with Crippen molar-refractivity contribution in [2.75, 3.05) is 0 Å². The molecule has 0 aliphatic carbocycles. The van der Waals surface area contributed by atoms with Crippen molar-refractivity contribution >= 4 is 0 Å². The first-order valence-corrected chi connectivity index (χ1v) is 5.41. The van der Waals surface area contributed by atoms with Crippen LogP contribution in [0.3, 0.4) is 0 Å². The third-order valence-electron chi connectivity index (χ3n) is 2.47. The number of nitrogens with zero attached hydrogens (tertiary/aromatic N) is 3. The summed E-state index contributed by atoms with van der Waals surface area (Å²) in [5, 5.41) is 17.7. The van der Waals surface area contributed by atoms with Crippen molar-refractivity contribution in [2.45, 2.75) is 6.61 Å². The molecule has 0 spiro atoms. The number of pyridine rings is 1. The standard InChI is InChI=1S/C14H8FN3O/c15-12-4-1-5-14(11(12)7-16)19-9-10-3-2-6-18-13(10)8-17/h1-6H,9H2. The van der Waals surface area contributed by atoms with Gasteiger partial charge in [-0.15, -0.1) is 0 Å². The van der Waals surface area contributed by atoms with Gasteiger partial charge in [-0.3, -0.25) is 0 Å². The summed E-state index contributed by atoms with van der Waals surface area (Å²) in [7, 11) is 0. The summed E-state index contributed by atoms with van der Waals surface area (Å²) in [6, 6.07) is 11.2. The Morgan fingerprint density at radius 2 is 2.00 bits per heavy atom. The van der Waals surface area contributed by atoms with Crippen molar-refractivity contribution in [3.63, 3.8) is 0 Å². The Hall–Kier alpha value is -2.92. The van der Waals surface area contributed by atoms with Crippen LogP contribution in [0.4, 0.5) is 4.39 Å². The molecule has 1 aromatic heterocycles. The van der Waals surface area contributed by atoms with Crippen molar-refractivity contribution in [2.24, 2.45) is 0 Å². The zero-order chi connectivity index (χ0) is 13.7. The molecule has 2 aromatic rings. The van der Waals surface area contributed by atoms with E-state index in [0.29, 0.717) is 5.56 Å². The van der Waals surface area contributed by atoms with Gasteiger partial charge in [0, 0.05) is 11.8 Å². The first-order valence-electron chi connectivity index (χ1n) is 5.41. The lowest BCUT2D eigenvalue weighted by molar-refractivity contribution is 0.302. The van der Waals surface area contributed by atoms with E-state index in [1.54, 1.807) is 18.2 Å². The van der Waals surface area contributed by atoms with E-state index in [0.717, 1.165) is 0 Å². The number of nitriles is 2. The van der Waals surface area contributed by atoms with E-state index < -0.39 is 5.82 Å². The van der Waals surface area contributed by atoms with Crippen LogP contribution in [0.5, 0.6) is 5.75 Å². The second-order valence-corrected chi connectivity index (χ2v) is 3.64. The molecule has 0 saturated heterocycles. The van der Waals surface area contributed by atoms with Gasteiger partial charge in [0.05, 0.1) is 0 Å². The molecule has 0 N–H and O–H groups in total. The molecular formula is C14H8FN3O. The molecule has 2 rings (SSSR count). The Bertz CT molecular complexity index is 686. The highest BCUT2D eigenvalue weighted by Crippen LogP contribution is 2.21. The summed E-state index contributed by atoms with van der Waals surface area (Å²) in [5.74, 6) is -0.484. The molecular weight excluding hydrogens is 245 g/mol. The molecule has 1 aromatic carbocycles. The van der Waals surface area contributed by atoms with Crippen LogP contribution in [-0.4, -0.2) is 4.98 Å². The predicted octanol–water partition coefficient (Wildman–Crippen LogP) is 2.54. The van der Waals surface area contributed by atoms with Gasteiger partial charge in [0.1, 0.15) is 41.6 Å². The molecule has 0 atom stereocenters. The van der Waals surface area contributed by atoms with Gasteiger partial charge in [-0.25, -0.2) is 9.37 Å². The average molecular weight is 253 g/mol. The van der Waals surface area contributed by atoms with Crippen LogP contribution >= 0.6 is 0 Å². The summed E-state index contributed by atoms with van der Waals surface area (Å²) >= 11 is 0. The molecule has 0 unspecified atom stereocenters. The van der Waals surface area contributed by atoms with Crippen LogP contribution in [0, 0.1) is 28.5 Å². The zero-order valence-corrected chi connectivity index (χ0v) is 9.80. The van der Waals surface area contributed by atoms with Crippen molar-refractivity contribution in [3.8, 4) is 17.9 Å². The molecule has 19 heavy (non-hydrogen) atoms. The highest BCUT2D eigenvalue weighted by Gasteiger charge is 2.10. The van der Waals surface area contributed by atoms with E-state index in [1.165, 1.54) is 24.4 Å². The molecule has 4 nitrogen and oxygen atoms in total. The minimum Gasteiger partial charge on any atom is -0.487 e. The first kappa shape index (κ1) is 12.5. The van der Waals surface area contributed by atoms with Crippen LogP contribution in [0.15, 0.2) is 36.5 Å². The van der Waals surface area contributed by atoms with Crippen LogP contribution in [-0.2, 0) is 6.61 Å². The number of aromatic nitrogens is 1. The van der Waals surface area contributed by atoms with Gasteiger partial charge in [0.2, 0.25) is 0 Å². The summed E-state index contributed by atoms with van der Waals surface area (Å²) < 4.78 is 18.7. The van der Waals surface area contributed by atoms with Crippen LogP contribution < -0.4 is 4.74 Å². The first-order chi connectivity index (χ1) is 9.26.